The third kappa shape index (κ3) is 3.02. The molecular weight excluding hydrogens is 255 g/mol. The van der Waals surface area contributed by atoms with Gasteiger partial charge in [0.05, 0.1) is 17.8 Å². The highest BCUT2D eigenvalue weighted by Crippen LogP contribution is 2.36. The second-order valence-corrected chi connectivity index (χ2v) is 6.04. The lowest BCUT2D eigenvalue weighted by atomic mass is 9.80. The van der Waals surface area contributed by atoms with E-state index in [9.17, 15) is 9.50 Å². The highest BCUT2D eigenvalue weighted by atomic mass is 35.5. The molecule has 4 heteroatoms. The number of rotatable bonds is 2. The zero-order chi connectivity index (χ0) is 13.4. The van der Waals surface area contributed by atoms with Crippen molar-refractivity contribution in [1.29, 1.82) is 0 Å². The lowest BCUT2D eigenvalue weighted by molar-refractivity contribution is -0.143. The van der Waals surface area contributed by atoms with Crippen LogP contribution >= 0.6 is 11.6 Å². The van der Waals surface area contributed by atoms with Gasteiger partial charge in [-0.3, -0.25) is 0 Å². The fourth-order valence-electron chi connectivity index (χ4n) is 2.63. The molecule has 1 atom stereocenters. The molecule has 0 aliphatic carbocycles. The summed E-state index contributed by atoms with van der Waals surface area (Å²) in [5.41, 5.74) is -0.947. The molecule has 100 valence electrons. The molecule has 2 nitrogen and oxygen atoms in total. The van der Waals surface area contributed by atoms with Crippen LogP contribution in [-0.4, -0.2) is 22.9 Å². The molecule has 0 amide bonds. The molecule has 1 fully saturated rings. The molecule has 1 aliphatic heterocycles. The Bertz CT molecular complexity index is 427. The minimum atomic E-state index is -0.951. The number of ether oxygens (including phenoxy) is 1. The number of hydrogen-bond acceptors (Lipinski definition) is 2. The molecule has 0 aromatic heterocycles. The predicted octanol–water partition coefficient (Wildman–Crippen LogP) is 3.34. The Hall–Kier alpha value is -0.640. The second-order valence-electron chi connectivity index (χ2n) is 5.64. The van der Waals surface area contributed by atoms with Crippen molar-refractivity contribution in [2.24, 2.45) is 0 Å². The summed E-state index contributed by atoms with van der Waals surface area (Å²) in [6.45, 7) is 4.34. The van der Waals surface area contributed by atoms with E-state index < -0.39 is 5.60 Å². The average molecular weight is 273 g/mol. The fourth-order valence-corrected chi connectivity index (χ4v) is 2.86. The Morgan fingerprint density at radius 3 is 2.78 bits per heavy atom. The van der Waals surface area contributed by atoms with Gasteiger partial charge in [0.25, 0.3) is 0 Å². The molecule has 0 radical (unpaired) electrons. The van der Waals surface area contributed by atoms with Crippen LogP contribution in [0.15, 0.2) is 18.2 Å². The second kappa shape index (κ2) is 4.80. The van der Waals surface area contributed by atoms with E-state index in [0.717, 1.165) is 0 Å². The van der Waals surface area contributed by atoms with Crippen molar-refractivity contribution in [3.8, 4) is 0 Å². The number of halogens is 2. The van der Waals surface area contributed by atoms with Gasteiger partial charge in [0.1, 0.15) is 5.82 Å². The van der Waals surface area contributed by atoms with Crippen molar-refractivity contribution in [3.63, 3.8) is 0 Å². The third-order valence-electron chi connectivity index (χ3n) is 3.38. The van der Waals surface area contributed by atoms with Crippen LogP contribution in [0.2, 0.25) is 5.02 Å². The van der Waals surface area contributed by atoms with Gasteiger partial charge in [-0.05, 0) is 32.4 Å². The highest BCUT2D eigenvalue weighted by molar-refractivity contribution is 6.31. The summed E-state index contributed by atoms with van der Waals surface area (Å²) in [4.78, 5) is 0. The van der Waals surface area contributed by atoms with Crippen LogP contribution < -0.4 is 0 Å². The first-order valence-corrected chi connectivity index (χ1v) is 6.48. The summed E-state index contributed by atoms with van der Waals surface area (Å²) in [5, 5.41) is 11.0. The van der Waals surface area contributed by atoms with Gasteiger partial charge in [0.2, 0.25) is 0 Å². The van der Waals surface area contributed by atoms with Crippen molar-refractivity contribution >= 4 is 11.6 Å². The number of hydrogen-bond donors (Lipinski definition) is 1. The van der Waals surface area contributed by atoms with Gasteiger partial charge in [-0.1, -0.05) is 17.7 Å². The highest BCUT2D eigenvalue weighted by Gasteiger charge is 2.40. The Morgan fingerprint density at radius 2 is 2.17 bits per heavy atom. The third-order valence-corrected chi connectivity index (χ3v) is 3.74. The van der Waals surface area contributed by atoms with E-state index in [0.29, 0.717) is 30.0 Å². The summed E-state index contributed by atoms with van der Waals surface area (Å²) in [6, 6.07) is 4.59. The topological polar surface area (TPSA) is 29.5 Å². The molecule has 1 unspecified atom stereocenters. The summed E-state index contributed by atoms with van der Waals surface area (Å²) in [5.74, 6) is -0.361. The van der Waals surface area contributed by atoms with E-state index in [-0.39, 0.29) is 17.8 Å². The normalized spacial score (nSPS) is 27.2. The number of benzene rings is 1. The molecule has 0 saturated carbocycles. The van der Waals surface area contributed by atoms with Crippen LogP contribution in [0.5, 0.6) is 0 Å². The van der Waals surface area contributed by atoms with E-state index in [1.54, 1.807) is 12.1 Å². The predicted molar refractivity (Wildman–Crippen MR) is 69.3 cm³/mol. The maximum Gasteiger partial charge on any atom is 0.127 e. The van der Waals surface area contributed by atoms with E-state index in [2.05, 4.69) is 0 Å². The zero-order valence-corrected chi connectivity index (χ0v) is 11.4. The van der Waals surface area contributed by atoms with Crippen LogP contribution in [0.25, 0.3) is 0 Å². The van der Waals surface area contributed by atoms with Crippen LogP contribution in [0.3, 0.4) is 0 Å². The van der Waals surface area contributed by atoms with Crippen molar-refractivity contribution in [2.45, 2.75) is 44.3 Å². The molecule has 2 rings (SSSR count). The monoisotopic (exact) mass is 272 g/mol. The van der Waals surface area contributed by atoms with Crippen molar-refractivity contribution in [3.05, 3.63) is 34.6 Å². The average Bonchev–Trinajstić information content (AvgIpc) is 2.22. The van der Waals surface area contributed by atoms with Crippen LogP contribution in [0.4, 0.5) is 4.39 Å². The molecule has 1 aromatic rings. The van der Waals surface area contributed by atoms with Crippen LogP contribution in [0, 0.1) is 5.82 Å². The summed E-state index contributed by atoms with van der Waals surface area (Å²) < 4.78 is 19.3. The maximum absolute atomic E-state index is 13.7. The minimum absolute atomic E-state index is 0.227. The van der Waals surface area contributed by atoms with Gasteiger partial charge in [-0.2, -0.15) is 0 Å². The zero-order valence-electron chi connectivity index (χ0n) is 10.7. The first-order valence-electron chi connectivity index (χ1n) is 6.11. The largest absolute Gasteiger partial charge is 0.389 e. The van der Waals surface area contributed by atoms with E-state index in [1.807, 2.05) is 13.8 Å². The molecule has 1 saturated heterocycles. The SMILES string of the molecule is CC1(C)CC(O)(Cc2c(F)cccc2Cl)CCO1. The summed E-state index contributed by atoms with van der Waals surface area (Å²) in [7, 11) is 0. The Kier molecular flexibility index (Phi) is 3.67. The standard InChI is InChI=1S/C14H18ClFO2/c1-13(2)9-14(17,6-7-18-13)8-10-11(15)4-3-5-12(10)16/h3-5,17H,6-9H2,1-2H3. The molecule has 1 aliphatic rings. The molecule has 18 heavy (non-hydrogen) atoms. The van der Waals surface area contributed by atoms with Gasteiger partial charge in [0.15, 0.2) is 0 Å². The minimum Gasteiger partial charge on any atom is -0.389 e. The lowest BCUT2D eigenvalue weighted by Gasteiger charge is -2.41. The van der Waals surface area contributed by atoms with Gasteiger partial charge < -0.3 is 9.84 Å². The summed E-state index contributed by atoms with van der Waals surface area (Å²) in [6.07, 6.45) is 1.21. The Labute approximate surface area is 112 Å². The van der Waals surface area contributed by atoms with E-state index in [1.165, 1.54) is 6.07 Å². The molecule has 1 aromatic carbocycles. The van der Waals surface area contributed by atoms with Crippen LogP contribution in [0.1, 0.15) is 32.3 Å². The quantitative estimate of drug-likeness (QED) is 0.895. The van der Waals surface area contributed by atoms with Crippen molar-refractivity contribution in [1.82, 2.24) is 0 Å². The molecule has 0 bridgehead atoms. The first-order chi connectivity index (χ1) is 8.31. The van der Waals surface area contributed by atoms with Gasteiger partial charge in [0, 0.05) is 23.4 Å². The van der Waals surface area contributed by atoms with Gasteiger partial charge in [-0.25, -0.2) is 4.39 Å². The molecular formula is C14H18ClFO2. The van der Waals surface area contributed by atoms with Crippen molar-refractivity contribution < 1.29 is 14.2 Å². The Morgan fingerprint density at radius 1 is 1.44 bits per heavy atom. The Balaban J connectivity index is 2.22. The first kappa shape index (κ1) is 13.8. The summed E-state index contributed by atoms with van der Waals surface area (Å²) >= 11 is 6.00. The lowest BCUT2D eigenvalue weighted by Crippen LogP contribution is -2.47. The molecule has 1 heterocycles. The van der Waals surface area contributed by atoms with Crippen LogP contribution in [-0.2, 0) is 11.2 Å². The fraction of sp³-hybridized carbons (Fsp3) is 0.571. The smallest absolute Gasteiger partial charge is 0.127 e. The molecule has 0 spiro atoms. The maximum atomic E-state index is 13.7. The van der Waals surface area contributed by atoms with E-state index >= 15 is 0 Å². The van der Waals surface area contributed by atoms with E-state index in [4.69, 9.17) is 16.3 Å². The number of aliphatic hydroxyl groups is 1. The molecule has 1 N–H and O–H groups in total. The van der Waals surface area contributed by atoms with Gasteiger partial charge >= 0.3 is 0 Å². The van der Waals surface area contributed by atoms with Crippen molar-refractivity contribution in [2.75, 3.05) is 6.61 Å². The van der Waals surface area contributed by atoms with Gasteiger partial charge in [-0.15, -0.1) is 0 Å².